The van der Waals surface area contributed by atoms with Crippen molar-refractivity contribution in [2.45, 2.75) is 6.92 Å². The molecule has 2 aromatic rings. The van der Waals surface area contributed by atoms with Crippen molar-refractivity contribution < 1.29 is 9.53 Å². The van der Waals surface area contributed by atoms with Crippen LogP contribution in [0.1, 0.15) is 21.6 Å². The first kappa shape index (κ1) is 15.0. The molecule has 0 spiro atoms. The maximum Gasteiger partial charge on any atom is 0.340 e. The highest BCUT2D eigenvalue weighted by Gasteiger charge is 2.23. The maximum absolute atomic E-state index is 12.1. The minimum absolute atomic E-state index is 0.0978. The van der Waals surface area contributed by atoms with E-state index in [0.29, 0.717) is 16.8 Å². The van der Waals surface area contributed by atoms with Crippen LogP contribution in [-0.4, -0.2) is 18.1 Å². The van der Waals surface area contributed by atoms with Gasteiger partial charge in [0.2, 0.25) is 0 Å². The van der Waals surface area contributed by atoms with E-state index in [1.165, 1.54) is 7.11 Å². The van der Waals surface area contributed by atoms with Crippen LogP contribution in [0.3, 0.4) is 0 Å². The van der Waals surface area contributed by atoms with Crippen LogP contribution in [0, 0.1) is 18.3 Å². The average Bonchev–Trinajstić information content (AvgIpc) is 2.46. The molecular formula is C15H12BrN3O2. The van der Waals surface area contributed by atoms with Gasteiger partial charge in [0.15, 0.2) is 0 Å². The number of methoxy groups -OCH3 is 1. The lowest BCUT2D eigenvalue weighted by Crippen LogP contribution is -2.12. The number of nitrogens with two attached hydrogens (primary N) is 1. The number of hydrogen-bond donors (Lipinski definition) is 1. The fourth-order valence-corrected chi connectivity index (χ4v) is 2.36. The Kier molecular flexibility index (Phi) is 4.24. The highest BCUT2D eigenvalue weighted by molar-refractivity contribution is 9.10. The molecule has 0 saturated heterocycles. The molecule has 0 aliphatic carbocycles. The predicted octanol–water partition coefficient (Wildman–Crippen LogP) is 3.06. The molecule has 6 heteroatoms. The molecule has 0 radical (unpaired) electrons. The number of halogens is 1. The number of anilines is 1. The van der Waals surface area contributed by atoms with Crippen molar-refractivity contribution in [2.75, 3.05) is 12.8 Å². The number of hydrogen-bond acceptors (Lipinski definition) is 5. The zero-order valence-electron chi connectivity index (χ0n) is 11.5. The normalized spacial score (nSPS) is 10.0. The minimum Gasteiger partial charge on any atom is -0.465 e. The zero-order valence-corrected chi connectivity index (χ0v) is 13.1. The smallest absolute Gasteiger partial charge is 0.340 e. The number of ether oxygens (including phenoxy) is 1. The fourth-order valence-electron chi connectivity index (χ4n) is 2.10. The molecular weight excluding hydrogens is 334 g/mol. The van der Waals surface area contributed by atoms with Gasteiger partial charge in [0.25, 0.3) is 0 Å². The Hall–Kier alpha value is -2.39. The quantitative estimate of drug-likeness (QED) is 0.844. The Morgan fingerprint density at radius 1 is 1.38 bits per heavy atom. The summed E-state index contributed by atoms with van der Waals surface area (Å²) in [6.45, 7) is 1.66. The molecule has 106 valence electrons. The molecule has 2 rings (SSSR count). The number of aromatic nitrogens is 1. The number of nitrogen functional groups attached to an aromatic ring is 1. The molecule has 0 amide bonds. The molecule has 0 unspecified atom stereocenters. The maximum atomic E-state index is 12.1. The van der Waals surface area contributed by atoms with Crippen molar-refractivity contribution in [2.24, 2.45) is 0 Å². The van der Waals surface area contributed by atoms with E-state index >= 15 is 0 Å². The van der Waals surface area contributed by atoms with Gasteiger partial charge in [0, 0.05) is 10.0 Å². The number of carbonyl (C=O) groups is 1. The van der Waals surface area contributed by atoms with Crippen LogP contribution >= 0.6 is 15.9 Å². The van der Waals surface area contributed by atoms with Crippen LogP contribution < -0.4 is 5.73 Å². The number of aryl methyl sites for hydroxylation is 1. The van der Waals surface area contributed by atoms with Crippen molar-refractivity contribution in [1.82, 2.24) is 4.98 Å². The second kappa shape index (κ2) is 5.94. The van der Waals surface area contributed by atoms with Crippen molar-refractivity contribution >= 4 is 27.7 Å². The van der Waals surface area contributed by atoms with Gasteiger partial charge in [-0.05, 0) is 24.6 Å². The molecule has 21 heavy (non-hydrogen) atoms. The number of nitrogens with zero attached hydrogens (tertiary/aromatic N) is 2. The van der Waals surface area contributed by atoms with Crippen molar-refractivity contribution in [3.63, 3.8) is 0 Å². The summed E-state index contributed by atoms with van der Waals surface area (Å²) >= 11 is 3.35. The van der Waals surface area contributed by atoms with Crippen molar-refractivity contribution in [1.29, 1.82) is 5.26 Å². The van der Waals surface area contributed by atoms with E-state index in [1.807, 2.05) is 18.2 Å². The van der Waals surface area contributed by atoms with Gasteiger partial charge in [-0.15, -0.1) is 0 Å². The van der Waals surface area contributed by atoms with Crippen molar-refractivity contribution in [3.05, 3.63) is 45.6 Å². The molecule has 5 nitrogen and oxygen atoms in total. The second-order valence-electron chi connectivity index (χ2n) is 4.32. The number of pyridine rings is 1. The Bertz CT molecular complexity index is 749. The lowest BCUT2D eigenvalue weighted by molar-refractivity contribution is 0.0600. The van der Waals surface area contributed by atoms with Gasteiger partial charge in [-0.2, -0.15) is 5.26 Å². The summed E-state index contributed by atoms with van der Waals surface area (Å²) in [7, 11) is 1.29. The average molecular weight is 346 g/mol. The predicted molar refractivity (Wildman–Crippen MR) is 82.6 cm³/mol. The standard InChI is InChI=1S/C15H12BrN3O2/c1-8-12(15(20)21-2)13(11(7-17)14(18)19-8)9-3-5-10(16)6-4-9/h3-6H,1-2H3,(H2,18,19). The lowest BCUT2D eigenvalue weighted by Gasteiger charge is -2.14. The molecule has 2 N–H and O–H groups in total. The number of rotatable bonds is 2. The molecule has 0 fully saturated rings. The van der Waals surface area contributed by atoms with Gasteiger partial charge in [0.1, 0.15) is 17.5 Å². The first-order valence-electron chi connectivity index (χ1n) is 6.04. The van der Waals surface area contributed by atoms with E-state index in [9.17, 15) is 10.1 Å². The van der Waals surface area contributed by atoms with E-state index in [1.54, 1.807) is 19.1 Å². The second-order valence-corrected chi connectivity index (χ2v) is 5.23. The number of benzene rings is 1. The summed E-state index contributed by atoms with van der Waals surface area (Å²) in [4.78, 5) is 16.1. The first-order chi connectivity index (χ1) is 9.99. The number of nitriles is 1. The zero-order chi connectivity index (χ0) is 15.6. The Morgan fingerprint density at radius 2 is 2.00 bits per heavy atom. The highest BCUT2D eigenvalue weighted by atomic mass is 79.9. The Labute approximate surface area is 130 Å². The Morgan fingerprint density at radius 3 is 2.52 bits per heavy atom. The summed E-state index contributed by atoms with van der Waals surface area (Å²) in [5.74, 6) is -0.449. The topological polar surface area (TPSA) is 89.0 Å². The van der Waals surface area contributed by atoms with E-state index in [4.69, 9.17) is 10.5 Å². The summed E-state index contributed by atoms with van der Waals surface area (Å²) in [5, 5.41) is 9.35. The van der Waals surface area contributed by atoms with Gasteiger partial charge in [0.05, 0.1) is 18.4 Å². The monoisotopic (exact) mass is 345 g/mol. The molecule has 1 aromatic carbocycles. The van der Waals surface area contributed by atoms with Gasteiger partial charge in [-0.1, -0.05) is 28.1 Å². The Balaban J connectivity index is 2.86. The molecule has 0 aliphatic rings. The largest absolute Gasteiger partial charge is 0.465 e. The minimum atomic E-state index is -0.547. The molecule has 0 atom stereocenters. The summed E-state index contributed by atoms with van der Waals surface area (Å²) in [5.41, 5.74) is 7.81. The van der Waals surface area contributed by atoms with Gasteiger partial charge in [-0.3, -0.25) is 0 Å². The van der Waals surface area contributed by atoms with Crippen LogP contribution in [0.25, 0.3) is 11.1 Å². The van der Waals surface area contributed by atoms with Crippen molar-refractivity contribution in [3.8, 4) is 17.2 Å². The molecule has 1 aromatic heterocycles. The molecule has 0 aliphatic heterocycles. The fraction of sp³-hybridized carbons (Fsp3) is 0.133. The van der Waals surface area contributed by atoms with E-state index < -0.39 is 5.97 Å². The third kappa shape index (κ3) is 2.73. The highest BCUT2D eigenvalue weighted by Crippen LogP contribution is 2.33. The molecule has 0 bridgehead atoms. The van der Waals surface area contributed by atoms with Gasteiger partial charge < -0.3 is 10.5 Å². The number of carbonyl (C=O) groups excluding carboxylic acids is 1. The SMILES string of the molecule is COC(=O)c1c(C)nc(N)c(C#N)c1-c1ccc(Br)cc1. The van der Waals surface area contributed by atoms with Crippen LogP contribution in [0.2, 0.25) is 0 Å². The number of esters is 1. The van der Waals surface area contributed by atoms with E-state index in [0.717, 1.165) is 4.47 Å². The molecule has 0 saturated carbocycles. The van der Waals surface area contributed by atoms with Crippen LogP contribution in [0.4, 0.5) is 5.82 Å². The summed E-state index contributed by atoms with van der Waals surface area (Å²) < 4.78 is 5.70. The summed E-state index contributed by atoms with van der Waals surface area (Å²) in [6, 6.07) is 9.26. The third-order valence-electron chi connectivity index (χ3n) is 3.04. The van der Waals surface area contributed by atoms with Crippen LogP contribution in [0.5, 0.6) is 0 Å². The van der Waals surface area contributed by atoms with Crippen LogP contribution in [-0.2, 0) is 4.74 Å². The lowest BCUT2D eigenvalue weighted by atomic mass is 9.94. The first-order valence-corrected chi connectivity index (χ1v) is 6.83. The van der Waals surface area contributed by atoms with E-state index in [-0.39, 0.29) is 16.9 Å². The summed E-state index contributed by atoms with van der Waals surface area (Å²) in [6.07, 6.45) is 0. The van der Waals surface area contributed by atoms with Gasteiger partial charge in [-0.25, -0.2) is 9.78 Å². The van der Waals surface area contributed by atoms with Gasteiger partial charge >= 0.3 is 5.97 Å². The molecule has 1 heterocycles. The third-order valence-corrected chi connectivity index (χ3v) is 3.57. The van der Waals surface area contributed by atoms with Crippen LogP contribution in [0.15, 0.2) is 28.7 Å². The van der Waals surface area contributed by atoms with E-state index in [2.05, 4.69) is 20.9 Å².